The minimum Gasteiger partial charge on any atom is -0.439 e. The molecule has 0 aliphatic rings. The highest BCUT2D eigenvalue weighted by Crippen LogP contribution is 2.26. The largest absolute Gasteiger partial charge is 0.439 e. The Kier molecular flexibility index (Phi) is 2.61. The maximum absolute atomic E-state index is 13.3. The van der Waals surface area contributed by atoms with E-state index in [9.17, 15) is 4.39 Å². The number of terminal acetylenes is 1. The van der Waals surface area contributed by atoms with Crippen molar-refractivity contribution in [3.63, 3.8) is 0 Å². The van der Waals surface area contributed by atoms with Gasteiger partial charge in [-0.1, -0.05) is 11.6 Å². The summed E-state index contributed by atoms with van der Waals surface area (Å²) in [5.41, 5.74) is 0.443. The summed E-state index contributed by atoms with van der Waals surface area (Å²) in [4.78, 5) is 3.99. The summed E-state index contributed by atoms with van der Waals surface area (Å²) >= 11 is 5.84. The van der Waals surface area contributed by atoms with Crippen LogP contribution in [0.15, 0.2) is 16.5 Å². The average Bonchev–Trinajstić information content (AvgIpc) is 2.66. The predicted molar refractivity (Wildman–Crippen MR) is 56.1 cm³/mol. The molecule has 0 saturated heterocycles. The van der Waals surface area contributed by atoms with Crippen molar-refractivity contribution in [1.29, 1.82) is 0 Å². The number of aromatic nitrogens is 1. The molecule has 0 N–H and O–H groups in total. The molecule has 1 aromatic heterocycles. The lowest BCUT2D eigenvalue weighted by molar-refractivity contribution is 0.531. The molecule has 0 aliphatic heterocycles. The molecule has 76 valence electrons. The summed E-state index contributed by atoms with van der Waals surface area (Å²) in [6.45, 7) is 0. The van der Waals surface area contributed by atoms with Crippen molar-refractivity contribution in [1.82, 2.24) is 4.98 Å². The molecule has 2 rings (SSSR count). The van der Waals surface area contributed by atoms with Crippen LogP contribution in [0, 0.1) is 18.2 Å². The van der Waals surface area contributed by atoms with Gasteiger partial charge in [0, 0.05) is 12.8 Å². The van der Waals surface area contributed by atoms with Gasteiger partial charge in [0.2, 0.25) is 0 Å². The van der Waals surface area contributed by atoms with Crippen LogP contribution in [-0.4, -0.2) is 4.98 Å². The zero-order valence-corrected chi connectivity index (χ0v) is 8.51. The van der Waals surface area contributed by atoms with Crippen LogP contribution in [0.3, 0.4) is 0 Å². The maximum atomic E-state index is 13.3. The number of rotatable bonds is 2. The monoisotopic (exact) mass is 223 g/mol. The van der Waals surface area contributed by atoms with Gasteiger partial charge < -0.3 is 4.42 Å². The number of aryl methyl sites for hydroxylation is 1. The van der Waals surface area contributed by atoms with Crippen molar-refractivity contribution in [3.05, 3.63) is 28.9 Å². The smallest absolute Gasteiger partial charge is 0.196 e. The minimum atomic E-state index is -0.440. The molecule has 0 aliphatic carbocycles. The van der Waals surface area contributed by atoms with Crippen molar-refractivity contribution >= 4 is 22.7 Å². The Morgan fingerprint density at radius 1 is 1.53 bits per heavy atom. The SMILES string of the molecule is C#CCCc1nc2c(F)ccc(Cl)c2o1. The summed E-state index contributed by atoms with van der Waals surface area (Å²) in [6, 6.07) is 2.70. The van der Waals surface area contributed by atoms with Crippen molar-refractivity contribution in [2.45, 2.75) is 12.8 Å². The molecule has 0 amide bonds. The molecule has 0 spiro atoms. The highest BCUT2D eigenvalue weighted by molar-refractivity contribution is 6.34. The summed E-state index contributed by atoms with van der Waals surface area (Å²) < 4.78 is 18.6. The first-order valence-corrected chi connectivity index (χ1v) is 4.77. The van der Waals surface area contributed by atoms with Crippen molar-refractivity contribution in [2.24, 2.45) is 0 Å². The number of nitrogens with zero attached hydrogens (tertiary/aromatic N) is 1. The number of benzene rings is 1. The fraction of sp³-hybridized carbons (Fsp3) is 0.182. The van der Waals surface area contributed by atoms with E-state index >= 15 is 0 Å². The van der Waals surface area contributed by atoms with E-state index in [4.69, 9.17) is 22.4 Å². The lowest BCUT2D eigenvalue weighted by Crippen LogP contribution is -1.82. The van der Waals surface area contributed by atoms with Crippen molar-refractivity contribution < 1.29 is 8.81 Å². The molecule has 15 heavy (non-hydrogen) atoms. The maximum Gasteiger partial charge on any atom is 0.196 e. The van der Waals surface area contributed by atoms with Crippen LogP contribution in [0.1, 0.15) is 12.3 Å². The van der Waals surface area contributed by atoms with E-state index < -0.39 is 5.82 Å². The van der Waals surface area contributed by atoms with Gasteiger partial charge in [-0.3, -0.25) is 0 Å². The highest BCUT2D eigenvalue weighted by Gasteiger charge is 2.12. The normalized spacial score (nSPS) is 10.5. The molecule has 0 radical (unpaired) electrons. The number of halogens is 2. The highest BCUT2D eigenvalue weighted by atomic mass is 35.5. The molecular formula is C11H7ClFNO. The third kappa shape index (κ3) is 1.81. The fourth-order valence-corrected chi connectivity index (χ4v) is 1.47. The topological polar surface area (TPSA) is 26.0 Å². The van der Waals surface area contributed by atoms with E-state index in [0.29, 0.717) is 23.8 Å². The van der Waals surface area contributed by atoms with Crippen molar-refractivity contribution in [2.75, 3.05) is 0 Å². The zero-order valence-electron chi connectivity index (χ0n) is 7.76. The first kappa shape index (κ1) is 10.0. The van der Waals surface area contributed by atoms with Crippen LogP contribution >= 0.6 is 11.6 Å². The Hall–Kier alpha value is -1.53. The molecular weight excluding hydrogens is 217 g/mol. The van der Waals surface area contributed by atoms with E-state index in [1.54, 1.807) is 0 Å². The standard InChI is InChI=1S/C11H7ClFNO/c1-2-3-4-9-14-10-8(13)6-5-7(12)11(10)15-9/h1,5-6H,3-4H2. The fourth-order valence-electron chi connectivity index (χ4n) is 1.28. The van der Waals surface area contributed by atoms with E-state index in [1.165, 1.54) is 12.1 Å². The Labute approximate surface area is 91.1 Å². The lowest BCUT2D eigenvalue weighted by atomic mass is 10.3. The second-order valence-electron chi connectivity index (χ2n) is 3.02. The van der Waals surface area contributed by atoms with Gasteiger partial charge in [-0.05, 0) is 12.1 Å². The van der Waals surface area contributed by atoms with Crippen LogP contribution in [-0.2, 0) is 6.42 Å². The van der Waals surface area contributed by atoms with Gasteiger partial charge in [0.05, 0.1) is 5.02 Å². The lowest BCUT2D eigenvalue weighted by Gasteiger charge is -1.90. The molecule has 1 heterocycles. The Morgan fingerprint density at radius 3 is 3.00 bits per heavy atom. The number of fused-ring (bicyclic) bond motifs is 1. The minimum absolute atomic E-state index is 0.162. The van der Waals surface area contributed by atoms with Gasteiger partial charge in [0.25, 0.3) is 0 Å². The van der Waals surface area contributed by atoms with E-state index in [2.05, 4.69) is 10.9 Å². The van der Waals surface area contributed by atoms with Gasteiger partial charge in [-0.25, -0.2) is 9.37 Å². The van der Waals surface area contributed by atoms with E-state index in [-0.39, 0.29) is 11.1 Å². The molecule has 0 unspecified atom stereocenters. The van der Waals surface area contributed by atoms with Crippen LogP contribution in [0.5, 0.6) is 0 Å². The van der Waals surface area contributed by atoms with Gasteiger partial charge in [0.1, 0.15) is 5.52 Å². The Bertz CT molecular complexity index is 502. The number of hydrogen-bond donors (Lipinski definition) is 0. The molecule has 0 bridgehead atoms. The number of hydrogen-bond acceptors (Lipinski definition) is 2. The van der Waals surface area contributed by atoms with Crippen molar-refractivity contribution in [3.8, 4) is 12.3 Å². The first-order valence-electron chi connectivity index (χ1n) is 4.39. The summed E-state index contributed by atoms with van der Waals surface area (Å²) in [5.74, 6) is 2.44. The molecule has 0 saturated carbocycles. The third-order valence-electron chi connectivity index (χ3n) is 1.97. The molecule has 2 nitrogen and oxygen atoms in total. The molecule has 4 heteroatoms. The molecule has 0 fully saturated rings. The summed E-state index contributed by atoms with van der Waals surface area (Å²) in [5, 5.41) is 0.353. The van der Waals surface area contributed by atoms with Gasteiger partial charge in [-0.2, -0.15) is 0 Å². The van der Waals surface area contributed by atoms with Gasteiger partial charge >= 0.3 is 0 Å². The van der Waals surface area contributed by atoms with E-state index in [1.807, 2.05) is 0 Å². The first-order chi connectivity index (χ1) is 7.22. The van der Waals surface area contributed by atoms with Gasteiger partial charge in [0.15, 0.2) is 17.3 Å². The second-order valence-corrected chi connectivity index (χ2v) is 3.43. The average molecular weight is 224 g/mol. The van der Waals surface area contributed by atoms with Crippen LogP contribution in [0.4, 0.5) is 4.39 Å². The van der Waals surface area contributed by atoms with Crippen LogP contribution in [0.2, 0.25) is 5.02 Å². The van der Waals surface area contributed by atoms with Crippen LogP contribution in [0.25, 0.3) is 11.1 Å². The molecule has 1 aromatic carbocycles. The Balaban J connectivity index is 2.51. The zero-order chi connectivity index (χ0) is 10.8. The number of oxazole rings is 1. The van der Waals surface area contributed by atoms with Gasteiger partial charge in [-0.15, -0.1) is 12.3 Å². The molecule has 2 aromatic rings. The Morgan fingerprint density at radius 2 is 2.33 bits per heavy atom. The summed E-state index contributed by atoms with van der Waals surface area (Å²) in [7, 11) is 0. The second kappa shape index (κ2) is 3.92. The van der Waals surface area contributed by atoms with Crippen LogP contribution < -0.4 is 0 Å². The molecule has 0 atom stereocenters. The summed E-state index contributed by atoms with van der Waals surface area (Å²) in [6.07, 6.45) is 6.10. The third-order valence-corrected chi connectivity index (χ3v) is 2.27. The van der Waals surface area contributed by atoms with E-state index in [0.717, 1.165) is 0 Å². The predicted octanol–water partition coefficient (Wildman–Crippen LogP) is 3.19. The quantitative estimate of drug-likeness (QED) is 0.731.